The largest absolute Gasteiger partial charge is 0.497 e. The zero-order valence-corrected chi connectivity index (χ0v) is 12.1. The highest BCUT2D eigenvalue weighted by Crippen LogP contribution is 2.24. The van der Waals surface area contributed by atoms with Crippen LogP contribution < -0.4 is 15.4 Å². The first-order valence-electron chi connectivity index (χ1n) is 6.50. The van der Waals surface area contributed by atoms with Crippen LogP contribution in [0.4, 0.5) is 10.1 Å². The molecule has 0 saturated carbocycles. The Balaban J connectivity index is 2.30. The maximum absolute atomic E-state index is 13.9. The van der Waals surface area contributed by atoms with Crippen LogP contribution in [0.1, 0.15) is 11.1 Å². The minimum Gasteiger partial charge on any atom is -0.497 e. The lowest BCUT2D eigenvalue weighted by molar-refractivity contribution is 0.414. The highest BCUT2D eigenvalue weighted by atomic mass is 19.1. The normalized spacial score (nSPS) is 10.2. The molecular weight excluding hydrogens is 269 g/mol. The molecule has 2 aromatic rings. The molecule has 0 spiro atoms. The Morgan fingerprint density at radius 3 is 2.67 bits per heavy atom. The van der Waals surface area contributed by atoms with Gasteiger partial charge in [0.1, 0.15) is 17.4 Å². The van der Waals surface area contributed by atoms with Gasteiger partial charge in [0.25, 0.3) is 0 Å². The van der Waals surface area contributed by atoms with Gasteiger partial charge in [0.2, 0.25) is 0 Å². The molecule has 0 atom stereocenters. The fourth-order valence-electron chi connectivity index (χ4n) is 2.23. The first kappa shape index (κ1) is 14.8. The number of hydrogen-bond acceptors (Lipinski definition) is 3. The van der Waals surface area contributed by atoms with Crippen LogP contribution in [0.15, 0.2) is 42.5 Å². The van der Waals surface area contributed by atoms with Crippen molar-refractivity contribution in [1.82, 2.24) is 0 Å². The second kappa shape index (κ2) is 6.26. The number of hydrogen-bond donors (Lipinski definition) is 2. The fraction of sp³-hybridized carbons (Fsp3) is 0.188. The van der Waals surface area contributed by atoms with Crippen LogP contribution in [0.2, 0.25) is 0 Å². The Kier molecular flexibility index (Phi) is 4.42. The molecule has 110 valence electrons. The smallest absolute Gasteiger partial charge is 0.136 e. The third-order valence-corrected chi connectivity index (χ3v) is 3.23. The summed E-state index contributed by atoms with van der Waals surface area (Å²) >= 11 is 0. The number of rotatable bonds is 5. The molecule has 2 rings (SSSR count). The fourth-order valence-corrected chi connectivity index (χ4v) is 2.23. The van der Waals surface area contributed by atoms with Crippen LogP contribution in [0.5, 0.6) is 5.75 Å². The van der Waals surface area contributed by atoms with E-state index in [0.29, 0.717) is 12.2 Å². The minimum absolute atomic E-state index is 0.128. The zero-order chi connectivity index (χ0) is 15.4. The molecule has 0 aliphatic rings. The van der Waals surface area contributed by atoms with E-state index < -0.39 is 5.82 Å². The number of methoxy groups -OCH3 is 1. The molecule has 0 aliphatic heterocycles. The molecule has 0 heterocycles. The van der Waals surface area contributed by atoms with Crippen LogP contribution in [0.3, 0.4) is 0 Å². The van der Waals surface area contributed by atoms with Gasteiger partial charge in [0.15, 0.2) is 0 Å². The number of benzene rings is 2. The number of ether oxygens (including phenoxy) is 1. The Labute approximate surface area is 123 Å². The van der Waals surface area contributed by atoms with Crippen molar-refractivity contribution < 1.29 is 9.13 Å². The Bertz CT molecular complexity index is 658. The van der Waals surface area contributed by atoms with Gasteiger partial charge in [-0.3, -0.25) is 5.41 Å². The number of nitrogen functional groups attached to an aromatic ring is 1. The third-order valence-electron chi connectivity index (χ3n) is 3.23. The maximum Gasteiger partial charge on any atom is 0.136 e. The Morgan fingerprint density at radius 2 is 2.00 bits per heavy atom. The summed E-state index contributed by atoms with van der Waals surface area (Å²) in [5, 5.41) is 7.55. The first-order chi connectivity index (χ1) is 10.0. The summed E-state index contributed by atoms with van der Waals surface area (Å²) in [5.74, 6) is 0.00465. The summed E-state index contributed by atoms with van der Waals surface area (Å²) in [6, 6.07) is 12.3. The van der Waals surface area contributed by atoms with Crippen LogP contribution in [-0.2, 0) is 6.54 Å². The molecule has 3 N–H and O–H groups in total. The highest BCUT2D eigenvalue weighted by Gasteiger charge is 2.14. The second-order valence-electron chi connectivity index (χ2n) is 4.76. The zero-order valence-electron chi connectivity index (χ0n) is 12.1. The van der Waals surface area contributed by atoms with Crippen LogP contribution >= 0.6 is 0 Å². The van der Waals surface area contributed by atoms with Gasteiger partial charge in [0.05, 0.1) is 18.4 Å². The monoisotopic (exact) mass is 287 g/mol. The summed E-state index contributed by atoms with van der Waals surface area (Å²) in [5.41, 5.74) is 7.23. The lowest BCUT2D eigenvalue weighted by Crippen LogP contribution is -2.23. The van der Waals surface area contributed by atoms with E-state index in [-0.39, 0.29) is 11.4 Å². The van der Waals surface area contributed by atoms with Crippen molar-refractivity contribution >= 4 is 11.5 Å². The summed E-state index contributed by atoms with van der Waals surface area (Å²) in [4.78, 5) is 1.86. The summed E-state index contributed by atoms with van der Waals surface area (Å²) in [7, 11) is 3.45. The Hall–Kier alpha value is -2.56. The number of amidine groups is 1. The molecular formula is C16H18FN3O. The average Bonchev–Trinajstić information content (AvgIpc) is 2.46. The number of halogens is 1. The van der Waals surface area contributed by atoms with Gasteiger partial charge >= 0.3 is 0 Å². The summed E-state index contributed by atoms with van der Waals surface area (Å²) < 4.78 is 19.0. The van der Waals surface area contributed by atoms with E-state index in [9.17, 15) is 4.39 Å². The van der Waals surface area contributed by atoms with Gasteiger partial charge in [-0.05, 0) is 29.8 Å². The van der Waals surface area contributed by atoms with Crippen LogP contribution in [0, 0.1) is 11.2 Å². The molecule has 21 heavy (non-hydrogen) atoms. The van der Waals surface area contributed by atoms with Crippen LogP contribution in [0.25, 0.3) is 0 Å². The highest BCUT2D eigenvalue weighted by molar-refractivity contribution is 6.00. The predicted molar refractivity (Wildman–Crippen MR) is 82.5 cm³/mol. The van der Waals surface area contributed by atoms with Crippen molar-refractivity contribution in [3.05, 3.63) is 59.4 Å². The number of nitrogens with two attached hydrogens (primary N) is 1. The van der Waals surface area contributed by atoms with Crippen molar-refractivity contribution in [3.63, 3.8) is 0 Å². The standard InChI is InChI=1S/C16H18FN3O/c1-20(10-11-5-3-6-12(9-11)21-2)14-8-4-7-13(17)15(14)16(18)19/h3-9H,10H2,1-2H3,(H3,18,19). The molecule has 0 saturated heterocycles. The lowest BCUT2D eigenvalue weighted by Gasteiger charge is -2.22. The quantitative estimate of drug-likeness (QED) is 0.656. The molecule has 0 radical (unpaired) electrons. The van der Waals surface area contributed by atoms with Crippen molar-refractivity contribution in [2.45, 2.75) is 6.54 Å². The average molecular weight is 287 g/mol. The first-order valence-corrected chi connectivity index (χ1v) is 6.50. The van der Waals surface area contributed by atoms with E-state index in [4.69, 9.17) is 15.9 Å². The minimum atomic E-state index is -0.488. The van der Waals surface area contributed by atoms with Gasteiger partial charge in [-0.25, -0.2) is 4.39 Å². The van der Waals surface area contributed by atoms with Gasteiger partial charge in [-0.2, -0.15) is 0 Å². The molecule has 5 heteroatoms. The molecule has 0 fully saturated rings. The van der Waals surface area contributed by atoms with Gasteiger partial charge in [0, 0.05) is 13.6 Å². The van der Waals surface area contributed by atoms with E-state index in [0.717, 1.165) is 11.3 Å². The summed E-state index contributed by atoms with van der Waals surface area (Å²) in [6.07, 6.45) is 0. The molecule has 4 nitrogen and oxygen atoms in total. The van der Waals surface area contributed by atoms with E-state index in [1.807, 2.05) is 36.2 Å². The molecule has 0 bridgehead atoms. The number of nitrogens with zero attached hydrogens (tertiary/aromatic N) is 1. The number of nitrogens with one attached hydrogen (secondary N) is 1. The molecule has 0 unspecified atom stereocenters. The molecule has 0 aliphatic carbocycles. The van der Waals surface area contributed by atoms with Crippen molar-refractivity contribution in [2.24, 2.45) is 5.73 Å². The molecule has 2 aromatic carbocycles. The van der Waals surface area contributed by atoms with E-state index in [2.05, 4.69) is 0 Å². The SMILES string of the molecule is COc1cccc(CN(C)c2cccc(F)c2C(=N)N)c1. The van der Waals surface area contributed by atoms with E-state index in [1.54, 1.807) is 19.2 Å². The second-order valence-corrected chi connectivity index (χ2v) is 4.76. The van der Waals surface area contributed by atoms with Crippen molar-refractivity contribution in [3.8, 4) is 5.75 Å². The van der Waals surface area contributed by atoms with Crippen molar-refractivity contribution in [2.75, 3.05) is 19.1 Å². The Morgan fingerprint density at radius 1 is 1.29 bits per heavy atom. The predicted octanol–water partition coefficient (Wildman–Crippen LogP) is 2.75. The maximum atomic E-state index is 13.9. The number of anilines is 1. The molecule has 0 amide bonds. The van der Waals surface area contributed by atoms with Gasteiger partial charge < -0.3 is 15.4 Å². The third kappa shape index (κ3) is 3.31. The van der Waals surface area contributed by atoms with E-state index >= 15 is 0 Å². The van der Waals surface area contributed by atoms with Gasteiger partial charge in [-0.15, -0.1) is 0 Å². The topological polar surface area (TPSA) is 62.3 Å². The van der Waals surface area contributed by atoms with Crippen molar-refractivity contribution in [1.29, 1.82) is 5.41 Å². The summed E-state index contributed by atoms with van der Waals surface area (Å²) in [6.45, 7) is 0.556. The van der Waals surface area contributed by atoms with Crippen LogP contribution in [-0.4, -0.2) is 20.0 Å². The molecule has 0 aromatic heterocycles. The van der Waals surface area contributed by atoms with Gasteiger partial charge in [-0.1, -0.05) is 18.2 Å². The lowest BCUT2D eigenvalue weighted by atomic mass is 10.1. The van der Waals surface area contributed by atoms with E-state index in [1.165, 1.54) is 6.07 Å².